The van der Waals surface area contributed by atoms with E-state index < -0.39 is 0 Å². The lowest BCUT2D eigenvalue weighted by molar-refractivity contribution is 0.102. The molecule has 2 aromatic rings. The van der Waals surface area contributed by atoms with Gasteiger partial charge in [0.2, 0.25) is 0 Å². The molecule has 5 heteroatoms. The van der Waals surface area contributed by atoms with Crippen LogP contribution in [0.25, 0.3) is 0 Å². The lowest BCUT2D eigenvalue weighted by Gasteiger charge is -2.31. The molecular formula is C19H22BrN3O. The Bertz CT molecular complexity index is 739. The number of carbonyl (C=O) groups excluding carboxylic acids is 1. The highest BCUT2D eigenvalue weighted by Gasteiger charge is 2.18. The van der Waals surface area contributed by atoms with E-state index in [4.69, 9.17) is 0 Å². The summed E-state index contributed by atoms with van der Waals surface area (Å²) in [4.78, 5) is 19.3. The molecule has 0 spiro atoms. The van der Waals surface area contributed by atoms with Crippen LogP contribution in [0.4, 0.5) is 11.5 Å². The van der Waals surface area contributed by atoms with Gasteiger partial charge >= 0.3 is 0 Å². The summed E-state index contributed by atoms with van der Waals surface area (Å²) >= 11 is 3.50. The van der Waals surface area contributed by atoms with Crippen LogP contribution in [0, 0.1) is 12.8 Å². The van der Waals surface area contributed by atoms with Crippen LogP contribution in [-0.2, 0) is 0 Å². The van der Waals surface area contributed by atoms with Crippen LogP contribution >= 0.6 is 15.9 Å². The van der Waals surface area contributed by atoms with Crippen molar-refractivity contribution in [2.45, 2.75) is 26.7 Å². The molecule has 0 radical (unpaired) electrons. The number of hydrogen-bond acceptors (Lipinski definition) is 3. The van der Waals surface area contributed by atoms with Crippen LogP contribution in [0.3, 0.4) is 0 Å². The predicted octanol–water partition coefficient (Wildman–Crippen LogP) is 4.64. The molecule has 2 heterocycles. The summed E-state index contributed by atoms with van der Waals surface area (Å²) in [7, 11) is 0. The van der Waals surface area contributed by atoms with Gasteiger partial charge in [-0.15, -0.1) is 0 Å². The molecule has 1 fully saturated rings. The number of carbonyl (C=O) groups is 1. The first kappa shape index (κ1) is 17.0. The monoisotopic (exact) mass is 387 g/mol. The van der Waals surface area contributed by atoms with E-state index in [1.54, 1.807) is 12.3 Å². The fraction of sp³-hybridized carbons (Fsp3) is 0.368. The SMILES string of the molecule is Cc1ccc(NC(=O)c2ccnc(N3CCC(C)CC3)c2)c(Br)c1. The molecule has 126 valence electrons. The van der Waals surface area contributed by atoms with Crippen molar-refractivity contribution in [3.05, 3.63) is 52.1 Å². The number of aryl methyl sites for hydroxylation is 1. The zero-order valence-corrected chi connectivity index (χ0v) is 15.6. The summed E-state index contributed by atoms with van der Waals surface area (Å²) in [5.41, 5.74) is 2.55. The number of rotatable bonds is 3. The molecule has 0 unspecified atom stereocenters. The van der Waals surface area contributed by atoms with Crippen molar-refractivity contribution in [2.75, 3.05) is 23.3 Å². The molecule has 1 aromatic heterocycles. The third-order valence-electron chi connectivity index (χ3n) is 4.49. The average Bonchev–Trinajstić information content (AvgIpc) is 2.58. The number of aromatic nitrogens is 1. The Morgan fingerprint density at radius 3 is 2.71 bits per heavy atom. The first-order valence-electron chi connectivity index (χ1n) is 8.31. The van der Waals surface area contributed by atoms with Crippen molar-refractivity contribution < 1.29 is 4.79 Å². The highest BCUT2D eigenvalue weighted by atomic mass is 79.9. The summed E-state index contributed by atoms with van der Waals surface area (Å²) in [6, 6.07) is 9.52. The van der Waals surface area contributed by atoms with Gasteiger partial charge < -0.3 is 10.2 Å². The van der Waals surface area contributed by atoms with E-state index in [0.29, 0.717) is 5.56 Å². The summed E-state index contributed by atoms with van der Waals surface area (Å²) in [6.07, 6.45) is 4.06. The number of hydrogen-bond donors (Lipinski definition) is 1. The van der Waals surface area contributed by atoms with Crippen molar-refractivity contribution in [1.82, 2.24) is 4.98 Å². The van der Waals surface area contributed by atoms with E-state index in [2.05, 4.69) is 38.1 Å². The standard InChI is InChI=1S/C19H22BrN3O/c1-13-6-9-23(10-7-13)18-12-15(5-8-21-18)19(24)22-17-4-3-14(2)11-16(17)20/h3-5,8,11-13H,6-7,9-10H2,1-2H3,(H,22,24). The number of piperidine rings is 1. The van der Waals surface area contributed by atoms with Gasteiger partial charge in [-0.05, 0) is 71.4 Å². The minimum absolute atomic E-state index is 0.117. The number of pyridine rings is 1. The van der Waals surface area contributed by atoms with Gasteiger partial charge in [0, 0.05) is 29.3 Å². The number of nitrogens with one attached hydrogen (secondary N) is 1. The molecule has 1 N–H and O–H groups in total. The topological polar surface area (TPSA) is 45.2 Å². The van der Waals surface area contributed by atoms with E-state index in [9.17, 15) is 4.79 Å². The minimum Gasteiger partial charge on any atom is -0.357 e. The molecule has 1 saturated heterocycles. The van der Waals surface area contributed by atoms with Crippen LogP contribution in [0.5, 0.6) is 0 Å². The van der Waals surface area contributed by atoms with Gasteiger partial charge in [-0.25, -0.2) is 4.98 Å². The molecule has 0 saturated carbocycles. The maximum atomic E-state index is 12.6. The quantitative estimate of drug-likeness (QED) is 0.833. The van der Waals surface area contributed by atoms with Gasteiger partial charge in [0.1, 0.15) is 5.82 Å². The Labute approximate surface area is 151 Å². The minimum atomic E-state index is -0.117. The number of nitrogens with zero attached hydrogens (tertiary/aromatic N) is 2. The third-order valence-corrected chi connectivity index (χ3v) is 5.14. The summed E-state index contributed by atoms with van der Waals surface area (Å²) in [5.74, 6) is 1.54. The number of benzene rings is 1. The van der Waals surface area contributed by atoms with E-state index in [1.165, 1.54) is 12.8 Å². The van der Waals surface area contributed by atoms with Crippen molar-refractivity contribution in [2.24, 2.45) is 5.92 Å². The fourth-order valence-corrected chi connectivity index (χ4v) is 3.48. The maximum absolute atomic E-state index is 12.6. The second-order valence-electron chi connectivity index (χ2n) is 6.51. The van der Waals surface area contributed by atoms with Gasteiger partial charge in [0.05, 0.1) is 5.69 Å². The highest BCUT2D eigenvalue weighted by molar-refractivity contribution is 9.10. The smallest absolute Gasteiger partial charge is 0.255 e. The summed E-state index contributed by atoms with van der Waals surface area (Å²) in [5, 5.41) is 2.96. The van der Waals surface area contributed by atoms with Crippen molar-refractivity contribution in [3.63, 3.8) is 0 Å². The second-order valence-corrected chi connectivity index (χ2v) is 7.36. The Balaban J connectivity index is 1.74. The lowest BCUT2D eigenvalue weighted by atomic mass is 9.99. The molecule has 0 aliphatic carbocycles. The molecule has 1 amide bonds. The average molecular weight is 388 g/mol. The van der Waals surface area contributed by atoms with E-state index >= 15 is 0 Å². The molecule has 1 aromatic carbocycles. The normalized spacial score (nSPS) is 15.4. The number of anilines is 2. The molecular weight excluding hydrogens is 366 g/mol. The van der Waals surface area contributed by atoms with Gasteiger partial charge in [-0.2, -0.15) is 0 Å². The van der Waals surface area contributed by atoms with E-state index in [1.807, 2.05) is 31.2 Å². The van der Waals surface area contributed by atoms with Crippen LogP contribution in [-0.4, -0.2) is 24.0 Å². The van der Waals surface area contributed by atoms with Crippen molar-refractivity contribution >= 4 is 33.3 Å². The number of halogens is 1. The summed E-state index contributed by atoms with van der Waals surface area (Å²) in [6.45, 7) is 6.31. The maximum Gasteiger partial charge on any atom is 0.255 e. The van der Waals surface area contributed by atoms with Crippen LogP contribution in [0.1, 0.15) is 35.7 Å². The fourth-order valence-electron chi connectivity index (χ4n) is 2.89. The van der Waals surface area contributed by atoms with Gasteiger partial charge in [-0.1, -0.05) is 13.0 Å². The van der Waals surface area contributed by atoms with Gasteiger partial charge in [0.25, 0.3) is 5.91 Å². The Morgan fingerprint density at radius 1 is 1.25 bits per heavy atom. The second kappa shape index (κ2) is 7.34. The van der Waals surface area contributed by atoms with Crippen LogP contribution < -0.4 is 10.2 Å². The molecule has 0 bridgehead atoms. The highest BCUT2D eigenvalue weighted by Crippen LogP contribution is 2.25. The van der Waals surface area contributed by atoms with Crippen LogP contribution in [0.15, 0.2) is 41.0 Å². The molecule has 0 atom stereocenters. The van der Waals surface area contributed by atoms with Crippen molar-refractivity contribution in [1.29, 1.82) is 0 Å². The predicted molar refractivity (Wildman–Crippen MR) is 102 cm³/mol. The Hall–Kier alpha value is -1.88. The first-order chi connectivity index (χ1) is 11.5. The molecule has 1 aliphatic rings. The van der Waals surface area contributed by atoms with Crippen LogP contribution in [0.2, 0.25) is 0 Å². The molecule has 4 nitrogen and oxygen atoms in total. The number of amides is 1. The zero-order valence-electron chi connectivity index (χ0n) is 14.1. The largest absolute Gasteiger partial charge is 0.357 e. The van der Waals surface area contributed by atoms with Gasteiger partial charge in [0.15, 0.2) is 0 Å². The first-order valence-corrected chi connectivity index (χ1v) is 9.11. The third kappa shape index (κ3) is 3.96. The van der Waals surface area contributed by atoms with E-state index in [-0.39, 0.29) is 5.91 Å². The molecule has 1 aliphatic heterocycles. The Kier molecular flexibility index (Phi) is 5.19. The molecule has 3 rings (SSSR count). The zero-order chi connectivity index (χ0) is 17.1. The lowest BCUT2D eigenvalue weighted by Crippen LogP contribution is -2.33. The van der Waals surface area contributed by atoms with E-state index in [0.717, 1.165) is 40.5 Å². The van der Waals surface area contributed by atoms with Crippen molar-refractivity contribution in [3.8, 4) is 0 Å². The summed E-state index contributed by atoms with van der Waals surface area (Å²) < 4.78 is 0.884. The Morgan fingerprint density at radius 2 is 2.00 bits per heavy atom. The molecule has 24 heavy (non-hydrogen) atoms. The van der Waals surface area contributed by atoms with Gasteiger partial charge in [-0.3, -0.25) is 4.79 Å².